The SMILES string of the molecule is Cc1ccc(CC(=O)N/N=C\c2cc3c(cc2Cl)OCO3)cc1. The van der Waals surface area contributed by atoms with Gasteiger partial charge in [0.25, 0.3) is 0 Å². The second kappa shape index (κ2) is 6.71. The normalized spacial score (nSPS) is 12.6. The Labute approximate surface area is 138 Å². The summed E-state index contributed by atoms with van der Waals surface area (Å²) in [4.78, 5) is 11.9. The predicted octanol–water partition coefficient (Wildman–Crippen LogP) is 3.07. The molecule has 1 aliphatic heterocycles. The summed E-state index contributed by atoms with van der Waals surface area (Å²) in [7, 11) is 0. The monoisotopic (exact) mass is 330 g/mol. The quantitative estimate of drug-likeness (QED) is 0.692. The molecule has 0 fully saturated rings. The number of hydrogen-bond acceptors (Lipinski definition) is 4. The number of nitrogens with zero attached hydrogens (tertiary/aromatic N) is 1. The van der Waals surface area contributed by atoms with Gasteiger partial charge in [-0.25, -0.2) is 5.43 Å². The summed E-state index contributed by atoms with van der Waals surface area (Å²) in [6, 6.07) is 11.2. The Bertz CT molecular complexity index is 757. The van der Waals surface area contributed by atoms with Crippen molar-refractivity contribution in [2.45, 2.75) is 13.3 Å². The number of aryl methyl sites for hydroxylation is 1. The van der Waals surface area contributed by atoms with E-state index in [4.69, 9.17) is 21.1 Å². The molecule has 3 rings (SSSR count). The molecule has 0 saturated heterocycles. The summed E-state index contributed by atoms with van der Waals surface area (Å²) >= 11 is 6.13. The van der Waals surface area contributed by atoms with E-state index in [9.17, 15) is 4.79 Å². The van der Waals surface area contributed by atoms with Crippen LogP contribution >= 0.6 is 11.6 Å². The number of nitrogens with one attached hydrogen (secondary N) is 1. The lowest BCUT2D eigenvalue weighted by molar-refractivity contribution is -0.120. The zero-order chi connectivity index (χ0) is 16.2. The number of fused-ring (bicyclic) bond motifs is 1. The molecule has 1 amide bonds. The molecule has 23 heavy (non-hydrogen) atoms. The molecule has 2 aromatic carbocycles. The second-order valence-electron chi connectivity index (χ2n) is 5.18. The van der Waals surface area contributed by atoms with E-state index in [1.807, 2.05) is 31.2 Å². The standard InChI is InChI=1S/C17H15ClN2O3/c1-11-2-4-12(5-3-11)6-17(21)20-19-9-13-7-15-16(8-14(13)18)23-10-22-15/h2-5,7-9H,6,10H2,1H3,(H,20,21)/b19-9-. The van der Waals surface area contributed by atoms with Crippen molar-refractivity contribution in [1.82, 2.24) is 5.43 Å². The Morgan fingerprint density at radius 1 is 1.26 bits per heavy atom. The van der Waals surface area contributed by atoms with Gasteiger partial charge in [-0.15, -0.1) is 0 Å². The highest BCUT2D eigenvalue weighted by molar-refractivity contribution is 6.33. The molecule has 0 aliphatic carbocycles. The van der Waals surface area contributed by atoms with Crippen molar-refractivity contribution in [3.63, 3.8) is 0 Å². The number of hydrogen-bond donors (Lipinski definition) is 1. The van der Waals surface area contributed by atoms with Crippen LogP contribution in [0.5, 0.6) is 11.5 Å². The van der Waals surface area contributed by atoms with Crippen molar-refractivity contribution >= 4 is 23.7 Å². The van der Waals surface area contributed by atoms with Crippen LogP contribution in [0.1, 0.15) is 16.7 Å². The van der Waals surface area contributed by atoms with Gasteiger partial charge in [0.05, 0.1) is 17.7 Å². The molecule has 0 atom stereocenters. The molecule has 0 bridgehead atoms. The van der Waals surface area contributed by atoms with Crippen molar-refractivity contribution in [3.05, 3.63) is 58.1 Å². The van der Waals surface area contributed by atoms with Gasteiger partial charge in [-0.3, -0.25) is 4.79 Å². The molecule has 1 N–H and O–H groups in total. The van der Waals surface area contributed by atoms with E-state index in [-0.39, 0.29) is 19.1 Å². The number of benzene rings is 2. The fourth-order valence-electron chi connectivity index (χ4n) is 2.14. The first-order chi connectivity index (χ1) is 11.1. The van der Waals surface area contributed by atoms with Crippen LogP contribution in [0.2, 0.25) is 5.02 Å². The van der Waals surface area contributed by atoms with Gasteiger partial charge in [-0.1, -0.05) is 41.4 Å². The largest absolute Gasteiger partial charge is 0.454 e. The molecule has 5 nitrogen and oxygen atoms in total. The van der Waals surface area contributed by atoms with E-state index in [0.717, 1.165) is 11.1 Å². The summed E-state index contributed by atoms with van der Waals surface area (Å²) in [6.07, 6.45) is 1.75. The fourth-order valence-corrected chi connectivity index (χ4v) is 2.34. The number of rotatable bonds is 4. The zero-order valence-electron chi connectivity index (χ0n) is 12.5. The highest BCUT2D eigenvalue weighted by Gasteiger charge is 2.15. The lowest BCUT2D eigenvalue weighted by atomic mass is 10.1. The van der Waals surface area contributed by atoms with Crippen LogP contribution in [0.3, 0.4) is 0 Å². The van der Waals surface area contributed by atoms with Gasteiger partial charge in [-0.05, 0) is 18.6 Å². The Balaban J connectivity index is 1.60. The molecule has 1 heterocycles. The lowest BCUT2D eigenvalue weighted by Crippen LogP contribution is -2.19. The first kappa shape index (κ1) is 15.4. The molecular weight excluding hydrogens is 316 g/mol. The third-order valence-corrected chi connectivity index (χ3v) is 3.70. The molecule has 0 spiro atoms. The summed E-state index contributed by atoms with van der Waals surface area (Å²) < 4.78 is 10.5. The van der Waals surface area contributed by atoms with Crippen LogP contribution < -0.4 is 14.9 Å². The van der Waals surface area contributed by atoms with Crippen molar-refractivity contribution in [2.75, 3.05) is 6.79 Å². The van der Waals surface area contributed by atoms with Crippen LogP contribution in [0.4, 0.5) is 0 Å². The van der Waals surface area contributed by atoms with E-state index in [0.29, 0.717) is 22.1 Å². The maximum absolute atomic E-state index is 11.9. The van der Waals surface area contributed by atoms with Crippen molar-refractivity contribution in [1.29, 1.82) is 0 Å². The fraction of sp³-hybridized carbons (Fsp3) is 0.176. The van der Waals surface area contributed by atoms with Gasteiger partial charge in [0.15, 0.2) is 11.5 Å². The molecule has 1 aliphatic rings. The number of carbonyl (C=O) groups excluding carboxylic acids is 1. The molecule has 0 unspecified atom stereocenters. The number of ether oxygens (including phenoxy) is 2. The Hall–Kier alpha value is -2.53. The minimum Gasteiger partial charge on any atom is -0.454 e. The highest BCUT2D eigenvalue weighted by Crippen LogP contribution is 2.36. The van der Waals surface area contributed by atoms with Crippen LogP contribution in [-0.2, 0) is 11.2 Å². The van der Waals surface area contributed by atoms with Gasteiger partial charge in [0, 0.05) is 11.6 Å². The summed E-state index contributed by atoms with van der Waals surface area (Å²) in [5.41, 5.74) is 5.23. The van der Waals surface area contributed by atoms with Gasteiger partial charge < -0.3 is 9.47 Å². The third-order valence-electron chi connectivity index (χ3n) is 3.37. The Morgan fingerprint density at radius 3 is 2.70 bits per heavy atom. The smallest absolute Gasteiger partial charge is 0.244 e. The Kier molecular flexibility index (Phi) is 4.48. The molecule has 2 aromatic rings. The van der Waals surface area contributed by atoms with Gasteiger partial charge in [0.2, 0.25) is 12.7 Å². The molecule has 6 heteroatoms. The summed E-state index contributed by atoms with van der Waals surface area (Å²) in [6.45, 7) is 2.18. The van der Waals surface area contributed by atoms with Crippen molar-refractivity contribution in [2.24, 2.45) is 5.10 Å². The maximum atomic E-state index is 11.9. The zero-order valence-corrected chi connectivity index (χ0v) is 13.3. The van der Waals surface area contributed by atoms with Gasteiger partial charge in [-0.2, -0.15) is 5.10 Å². The van der Waals surface area contributed by atoms with Gasteiger partial charge in [0.1, 0.15) is 0 Å². The average molecular weight is 331 g/mol. The molecule has 0 radical (unpaired) electrons. The third kappa shape index (κ3) is 3.81. The van der Waals surface area contributed by atoms with E-state index >= 15 is 0 Å². The number of halogens is 1. The number of carbonyl (C=O) groups is 1. The van der Waals surface area contributed by atoms with E-state index in [1.54, 1.807) is 12.1 Å². The second-order valence-corrected chi connectivity index (χ2v) is 5.59. The van der Waals surface area contributed by atoms with Crippen molar-refractivity contribution in [3.8, 4) is 11.5 Å². The summed E-state index contributed by atoms with van der Waals surface area (Å²) in [5.74, 6) is 1.03. The first-order valence-electron chi connectivity index (χ1n) is 7.08. The van der Waals surface area contributed by atoms with Crippen LogP contribution in [0.15, 0.2) is 41.5 Å². The van der Waals surface area contributed by atoms with Crippen LogP contribution in [-0.4, -0.2) is 18.9 Å². The number of hydrazone groups is 1. The molecule has 0 aromatic heterocycles. The summed E-state index contributed by atoms with van der Waals surface area (Å²) in [5, 5.41) is 4.41. The van der Waals surface area contributed by atoms with E-state index in [2.05, 4.69) is 10.5 Å². The topological polar surface area (TPSA) is 59.9 Å². The van der Waals surface area contributed by atoms with Crippen molar-refractivity contribution < 1.29 is 14.3 Å². The molecule has 118 valence electrons. The first-order valence-corrected chi connectivity index (χ1v) is 7.46. The number of amides is 1. The highest BCUT2D eigenvalue weighted by atomic mass is 35.5. The minimum atomic E-state index is -0.193. The molecular formula is C17H15ClN2O3. The average Bonchev–Trinajstić information content (AvgIpc) is 2.97. The lowest BCUT2D eigenvalue weighted by Gasteiger charge is -2.03. The van der Waals surface area contributed by atoms with Crippen LogP contribution in [0, 0.1) is 6.92 Å². The molecule has 0 saturated carbocycles. The predicted molar refractivity (Wildman–Crippen MR) is 88.2 cm³/mol. The van der Waals surface area contributed by atoms with Crippen LogP contribution in [0.25, 0.3) is 0 Å². The van der Waals surface area contributed by atoms with Gasteiger partial charge >= 0.3 is 0 Å². The van der Waals surface area contributed by atoms with E-state index in [1.165, 1.54) is 6.21 Å². The Morgan fingerprint density at radius 2 is 1.96 bits per heavy atom. The maximum Gasteiger partial charge on any atom is 0.244 e. The minimum absolute atomic E-state index is 0.180. The van der Waals surface area contributed by atoms with E-state index < -0.39 is 0 Å².